The van der Waals surface area contributed by atoms with Gasteiger partial charge >= 0.3 is 0 Å². The first-order valence-electron chi connectivity index (χ1n) is 6.49. The molecule has 3 rings (SSSR count). The van der Waals surface area contributed by atoms with Crippen molar-refractivity contribution < 1.29 is 14.4 Å². The van der Waals surface area contributed by atoms with Gasteiger partial charge in [0.25, 0.3) is 5.69 Å². The van der Waals surface area contributed by atoms with Crippen LogP contribution < -0.4 is 9.47 Å². The molecule has 0 aliphatic rings. The van der Waals surface area contributed by atoms with E-state index in [-0.39, 0.29) is 5.69 Å². The van der Waals surface area contributed by atoms with Crippen LogP contribution in [0.4, 0.5) is 5.69 Å². The number of nitro benzene ring substituents is 1. The van der Waals surface area contributed by atoms with Crippen LogP contribution >= 0.6 is 0 Å². The molecule has 22 heavy (non-hydrogen) atoms. The molecule has 2 aromatic carbocycles. The summed E-state index contributed by atoms with van der Waals surface area (Å²) in [6.07, 6.45) is 0. The second kappa shape index (κ2) is 5.36. The van der Waals surface area contributed by atoms with E-state index in [4.69, 9.17) is 9.47 Å². The summed E-state index contributed by atoms with van der Waals surface area (Å²) in [6.45, 7) is 0. The standard InChI is InChI=1S/C15H13N3O4/c1-21-10-4-5-11(14(8-10)22-2)15-16-12-6-3-9(18(19)20)7-13(12)17-15/h3-8H,1-2H3,(H,16,17). The molecule has 0 amide bonds. The summed E-state index contributed by atoms with van der Waals surface area (Å²) < 4.78 is 10.5. The molecule has 1 N–H and O–H groups in total. The molecule has 0 saturated heterocycles. The predicted octanol–water partition coefficient (Wildman–Crippen LogP) is 3.16. The van der Waals surface area contributed by atoms with Gasteiger partial charge in [0, 0.05) is 18.2 Å². The van der Waals surface area contributed by atoms with Crippen LogP contribution in [-0.2, 0) is 0 Å². The Hall–Kier alpha value is -3.09. The highest BCUT2D eigenvalue weighted by molar-refractivity contribution is 5.82. The van der Waals surface area contributed by atoms with Crippen molar-refractivity contribution in [2.24, 2.45) is 0 Å². The van der Waals surface area contributed by atoms with E-state index in [1.54, 1.807) is 32.4 Å². The number of nitrogens with one attached hydrogen (secondary N) is 1. The molecule has 7 heteroatoms. The van der Waals surface area contributed by atoms with E-state index in [9.17, 15) is 10.1 Å². The van der Waals surface area contributed by atoms with Crippen LogP contribution in [0.1, 0.15) is 0 Å². The molecule has 0 radical (unpaired) electrons. The Morgan fingerprint density at radius 2 is 1.95 bits per heavy atom. The van der Waals surface area contributed by atoms with Gasteiger partial charge in [-0.1, -0.05) is 0 Å². The molecule has 0 saturated carbocycles. The summed E-state index contributed by atoms with van der Waals surface area (Å²) in [5.41, 5.74) is 2.02. The number of aromatic nitrogens is 2. The maximum absolute atomic E-state index is 10.8. The van der Waals surface area contributed by atoms with Gasteiger partial charge in [-0.2, -0.15) is 0 Å². The highest BCUT2D eigenvalue weighted by Crippen LogP contribution is 2.33. The summed E-state index contributed by atoms with van der Waals surface area (Å²) in [6, 6.07) is 9.88. The summed E-state index contributed by atoms with van der Waals surface area (Å²) in [4.78, 5) is 17.9. The van der Waals surface area contributed by atoms with E-state index < -0.39 is 4.92 Å². The number of H-pyrrole nitrogens is 1. The maximum Gasteiger partial charge on any atom is 0.271 e. The smallest absolute Gasteiger partial charge is 0.271 e. The van der Waals surface area contributed by atoms with E-state index in [2.05, 4.69) is 9.97 Å². The van der Waals surface area contributed by atoms with Crippen molar-refractivity contribution in [3.05, 3.63) is 46.5 Å². The van der Waals surface area contributed by atoms with E-state index in [1.807, 2.05) is 6.07 Å². The lowest BCUT2D eigenvalue weighted by molar-refractivity contribution is -0.384. The van der Waals surface area contributed by atoms with Gasteiger partial charge in [-0.15, -0.1) is 0 Å². The largest absolute Gasteiger partial charge is 0.497 e. The van der Waals surface area contributed by atoms with Crippen LogP contribution in [0.25, 0.3) is 22.4 Å². The second-order valence-corrected chi connectivity index (χ2v) is 4.61. The number of nitro groups is 1. The number of ether oxygens (including phenoxy) is 2. The third-order valence-electron chi connectivity index (χ3n) is 3.34. The second-order valence-electron chi connectivity index (χ2n) is 4.61. The Morgan fingerprint density at radius 1 is 1.14 bits per heavy atom. The summed E-state index contributed by atoms with van der Waals surface area (Å²) in [7, 11) is 3.14. The normalized spacial score (nSPS) is 10.6. The quantitative estimate of drug-likeness (QED) is 0.590. The van der Waals surface area contributed by atoms with Gasteiger partial charge in [0.15, 0.2) is 0 Å². The molecule has 112 valence electrons. The molecular formula is C15H13N3O4. The van der Waals surface area contributed by atoms with E-state index in [0.29, 0.717) is 28.4 Å². The third-order valence-corrected chi connectivity index (χ3v) is 3.34. The number of aromatic amines is 1. The fraction of sp³-hybridized carbons (Fsp3) is 0.133. The van der Waals surface area contributed by atoms with Gasteiger partial charge in [0.1, 0.15) is 17.3 Å². The Kier molecular flexibility index (Phi) is 3.38. The molecule has 0 spiro atoms. The zero-order valence-corrected chi connectivity index (χ0v) is 12.0. The molecule has 0 fully saturated rings. The number of hydrogen-bond acceptors (Lipinski definition) is 5. The van der Waals surface area contributed by atoms with Crippen molar-refractivity contribution in [3.63, 3.8) is 0 Å². The van der Waals surface area contributed by atoms with Gasteiger partial charge < -0.3 is 14.5 Å². The Labute approximate surface area is 125 Å². The van der Waals surface area contributed by atoms with Crippen LogP contribution in [0, 0.1) is 10.1 Å². The highest BCUT2D eigenvalue weighted by atomic mass is 16.6. The lowest BCUT2D eigenvalue weighted by Crippen LogP contribution is -1.91. The van der Waals surface area contributed by atoms with Crippen LogP contribution in [-0.4, -0.2) is 29.1 Å². The highest BCUT2D eigenvalue weighted by Gasteiger charge is 2.14. The maximum atomic E-state index is 10.8. The van der Waals surface area contributed by atoms with Crippen molar-refractivity contribution in [2.75, 3.05) is 14.2 Å². The number of nitrogens with zero attached hydrogens (tertiary/aromatic N) is 2. The lowest BCUT2D eigenvalue weighted by Gasteiger charge is -2.08. The zero-order valence-electron chi connectivity index (χ0n) is 12.0. The molecule has 0 atom stereocenters. The average molecular weight is 299 g/mol. The van der Waals surface area contributed by atoms with E-state index >= 15 is 0 Å². The lowest BCUT2D eigenvalue weighted by atomic mass is 10.2. The summed E-state index contributed by atoms with van der Waals surface area (Å²) >= 11 is 0. The topological polar surface area (TPSA) is 90.3 Å². The molecule has 1 aromatic heterocycles. The summed E-state index contributed by atoms with van der Waals surface area (Å²) in [5.74, 6) is 1.86. The van der Waals surface area contributed by atoms with Gasteiger partial charge in [0.05, 0.1) is 35.7 Å². The fourth-order valence-corrected chi connectivity index (χ4v) is 2.23. The van der Waals surface area contributed by atoms with E-state index in [1.165, 1.54) is 12.1 Å². The van der Waals surface area contributed by atoms with Gasteiger partial charge in [0.2, 0.25) is 0 Å². The number of methoxy groups -OCH3 is 2. The average Bonchev–Trinajstić information content (AvgIpc) is 2.96. The van der Waals surface area contributed by atoms with Crippen molar-refractivity contribution >= 4 is 16.7 Å². The van der Waals surface area contributed by atoms with Crippen LogP contribution in [0.5, 0.6) is 11.5 Å². The van der Waals surface area contributed by atoms with Gasteiger partial charge in [-0.3, -0.25) is 10.1 Å². The minimum atomic E-state index is -0.437. The molecule has 3 aromatic rings. The number of fused-ring (bicyclic) bond motifs is 1. The van der Waals surface area contributed by atoms with Crippen LogP contribution in [0.15, 0.2) is 36.4 Å². The van der Waals surface area contributed by atoms with Gasteiger partial charge in [-0.25, -0.2) is 4.98 Å². The minimum Gasteiger partial charge on any atom is -0.497 e. The molecule has 0 unspecified atom stereocenters. The van der Waals surface area contributed by atoms with Crippen molar-refractivity contribution in [3.8, 4) is 22.9 Å². The molecule has 0 aliphatic heterocycles. The molecule has 1 heterocycles. The molecule has 0 aliphatic carbocycles. The van der Waals surface area contributed by atoms with Crippen molar-refractivity contribution in [1.29, 1.82) is 0 Å². The van der Waals surface area contributed by atoms with Crippen molar-refractivity contribution in [1.82, 2.24) is 9.97 Å². The SMILES string of the molecule is COc1ccc(-c2nc3ccc([N+](=O)[O-])cc3[nH]2)c(OC)c1. The number of rotatable bonds is 4. The first-order chi connectivity index (χ1) is 10.6. The number of non-ortho nitro benzene ring substituents is 1. The van der Waals surface area contributed by atoms with Crippen molar-refractivity contribution in [2.45, 2.75) is 0 Å². The molecular weight excluding hydrogens is 286 g/mol. The minimum absolute atomic E-state index is 0.0180. The van der Waals surface area contributed by atoms with E-state index in [0.717, 1.165) is 5.56 Å². The van der Waals surface area contributed by atoms with Gasteiger partial charge in [-0.05, 0) is 18.2 Å². The zero-order chi connectivity index (χ0) is 15.7. The van der Waals surface area contributed by atoms with Crippen LogP contribution in [0.2, 0.25) is 0 Å². The number of benzene rings is 2. The Balaban J connectivity index is 2.12. The monoisotopic (exact) mass is 299 g/mol. The predicted molar refractivity (Wildman–Crippen MR) is 81.3 cm³/mol. The molecule has 0 bridgehead atoms. The fourth-order valence-electron chi connectivity index (χ4n) is 2.23. The number of hydrogen-bond donors (Lipinski definition) is 1. The Bertz CT molecular complexity index is 857. The first kappa shape index (κ1) is 13.9. The summed E-state index contributed by atoms with van der Waals surface area (Å²) in [5, 5.41) is 10.8. The Morgan fingerprint density at radius 3 is 2.64 bits per heavy atom. The first-order valence-corrected chi connectivity index (χ1v) is 6.49. The van der Waals surface area contributed by atoms with Crippen LogP contribution in [0.3, 0.4) is 0 Å². The molecule has 7 nitrogen and oxygen atoms in total. The third kappa shape index (κ3) is 2.32. The number of imidazole rings is 1.